The predicted octanol–water partition coefficient (Wildman–Crippen LogP) is 2.02. The molecule has 0 amide bonds. The van der Waals surface area contributed by atoms with Crippen LogP contribution in [0.2, 0.25) is 0 Å². The fraction of sp³-hybridized carbons (Fsp3) is 0.500. The Balaban J connectivity index is 2.08. The third-order valence-corrected chi connectivity index (χ3v) is 2.88. The van der Waals surface area contributed by atoms with Crippen molar-refractivity contribution < 1.29 is 9.90 Å². The van der Waals surface area contributed by atoms with E-state index in [9.17, 15) is 4.79 Å². The van der Waals surface area contributed by atoms with E-state index in [1.807, 2.05) is 0 Å². The van der Waals surface area contributed by atoms with Gasteiger partial charge in [-0.15, -0.1) is 0 Å². The van der Waals surface area contributed by atoms with Crippen molar-refractivity contribution in [3.05, 3.63) is 23.9 Å². The Morgan fingerprint density at radius 3 is 2.75 bits per heavy atom. The molecule has 2 rings (SSSR count). The summed E-state index contributed by atoms with van der Waals surface area (Å²) >= 11 is 0. The maximum absolute atomic E-state index is 10.7. The number of anilines is 1. The number of aromatic nitrogens is 1. The van der Waals surface area contributed by atoms with Gasteiger partial charge < -0.3 is 10.0 Å². The third-order valence-electron chi connectivity index (χ3n) is 2.88. The standard InChI is InChI=1S/C12H16N2O2/c1-2-14(8-9-3-4-9)11-6-5-10(7-13-11)12(15)16/h5-7,9H,2-4,8H2,1H3,(H,15,16). The average molecular weight is 220 g/mol. The van der Waals surface area contributed by atoms with E-state index < -0.39 is 5.97 Å². The zero-order valence-corrected chi connectivity index (χ0v) is 9.39. The van der Waals surface area contributed by atoms with Crippen molar-refractivity contribution in [1.82, 2.24) is 4.98 Å². The molecule has 1 saturated carbocycles. The molecule has 16 heavy (non-hydrogen) atoms. The van der Waals surface area contributed by atoms with Crippen LogP contribution in [0.3, 0.4) is 0 Å². The lowest BCUT2D eigenvalue weighted by Crippen LogP contribution is -2.26. The average Bonchev–Trinajstić information content (AvgIpc) is 3.10. The van der Waals surface area contributed by atoms with Gasteiger partial charge in [0, 0.05) is 19.3 Å². The van der Waals surface area contributed by atoms with Crippen LogP contribution in [-0.4, -0.2) is 29.1 Å². The van der Waals surface area contributed by atoms with Gasteiger partial charge in [-0.25, -0.2) is 9.78 Å². The van der Waals surface area contributed by atoms with Gasteiger partial charge in [-0.3, -0.25) is 0 Å². The Labute approximate surface area is 94.9 Å². The first-order chi connectivity index (χ1) is 7.70. The first-order valence-electron chi connectivity index (χ1n) is 5.65. The van der Waals surface area contributed by atoms with Crippen molar-refractivity contribution >= 4 is 11.8 Å². The molecular weight excluding hydrogens is 204 g/mol. The van der Waals surface area contributed by atoms with Crippen LogP contribution in [0.1, 0.15) is 30.1 Å². The largest absolute Gasteiger partial charge is 0.478 e. The summed E-state index contributed by atoms with van der Waals surface area (Å²) in [5, 5.41) is 8.77. The number of nitrogens with zero attached hydrogens (tertiary/aromatic N) is 2. The second-order valence-corrected chi connectivity index (χ2v) is 4.19. The number of carboxylic acids is 1. The van der Waals surface area contributed by atoms with Crippen LogP contribution < -0.4 is 4.90 Å². The monoisotopic (exact) mass is 220 g/mol. The lowest BCUT2D eigenvalue weighted by atomic mass is 10.2. The van der Waals surface area contributed by atoms with E-state index in [0.29, 0.717) is 0 Å². The maximum atomic E-state index is 10.7. The highest BCUT2D eigenvalue weighted by Crippen LogP contribution is 2.30. The summed E-state index contributed by atoms with van der Waals surface area (Å²) in [6, 6.07) is 3.40. The fourth-order valence-electron chi connectivity index (χ4n) is 1.70. The number of carbonyl (C=O) groups is 1. The van der Waals surface area contributed by atoms with Crippen LogP contribution in [-0.2, 0) is 0 Å². The Kier molecular flexibility index (Phi) is 3.08. The lowest BCUT2D eigenvalue weighted by molar-refractivity contribution is 0.0696. The molecule has 1 aromatic heterocycles. The van der Waals surface area contributed by atoms with Crippen molar-refractivity contribution in [3.8, 4) is 0 Å². The van der Waals surface area contributed by atoms with Gasteiger partial charge in [-0.05, 0) is 37.8 Å². The molecule has 1 aliphatic rings. The second-order valence-electron chi connectivity index (χ2n) is 4.19. The van der Waals surface area contributed by atoms with Crippen LogP contribution in [0.15, 0.2) is 18.3 Å². The quantitative estimate of drug-likeness (QED) is 0.824. The molecule has 0 unspecified atom stereocenters. The summed E-state index contributed by atoms with van der Waals surface area (Å²) in [5.41, 5.74) is 0.242. The second kappa shape index (κ2) is 4.51. The molecule has 0 saturated heterocycles. The van der Waals surface area contributed by atoms with Crippen molar-refractivity contribution in [2.75, 3.05) is 18.0 Å². The van der Waals surface area contributed by atoms with Gasteiger partial charge in [-0.1, -0.05) is 0 Å². The summed E-state index contributed by atoms with van der Waals surface area (Å²) in [6.45, 7) is 4.04. The molecule has 0 bridgehead atoms. The highest BCUT2D eigenvalue weighted by Gasteiger charge is 2.24. The van der Waals surface area contributed by atoms with Crippen LogP contribution in [0.25, 0.3) is 0 Å². The van der Waals surface area contributed by atoms with E-state index in [0.717, 1.165) is 24.8 Å². The minimum Gasteiger partial charge on any atom is -0.478 e. The van der Waals surface area contributed by atoms with Gasteiger partial charge in [-0.2, -0.15) is 0 Å². The Hall–Kier alpha value is -1.58. The van der Waals surface area contributed by atoms with E-state index >= 15 is 0 Å². The molecule has 4 nitrogen and oxygen atoms in total. The normalized spacial score (nSPS) is 14.8. The molecule has 4 heteroatoms. The molecule has 0 spiro atoms. The molecule has 1 aliphatic carbocycles. The summed E-state index contributed by atoms with van der Waals surface area (Å²) in [7, 11) is 0. The van der Waals surface area contributed by atoms with Crippen LogP contribution in [0, 0.1) is 5.92 Å². The Morgan fingerprint density at radius 1 is 1.56 bits per heavy atom. The SMILES string of the molecule is CCN(CC1CC1)c1ccc(C(=O)O)cn1. The summed E-state index contributed by atoms with van der Waals surface area (Å²) in [4.78, 5) is 17.1. The fourth-order valence-corrected chi connectivity index (χ4v) is 1.70. The summed E-state index contributed by atoms with van der Waals surface area (Å²) < 4.78 is 0. The maximum Gasteiger partial charge on any atom is 0.337 e. The minimum absolute atomic E-state index is 0.242. The molecule has 1 heterocycles. The molecule has 0 aromatic carbocycles. The highest BCUT2D eigenvalue weighted by atomic mass is 16.4. The number of aromatic carboxylic acids is 1. The van der Waals surface area contributed by atoms with E-state index in [1.54, 1.807) is 12.1 Å². The molecule has 1 N–H and O–H groups in total. The predicted molar refractivity (Wildman–Crippen MR) is 61.8 cm³/mol. The number of hydrogen-bond donors (Lipinski definition) is 1. The molecule has 0 radical (unpaired) electrons. The van der Waals surface area contributed by atoms with Crippen molar-refractivity contribution in [2.24, 2.45) is 5.92 Å². The van der Waals surface area contributed by atoms with Crippen LogP contribution in [0.5, 0.6) is 0 Å². The summed E-state index contributed by atoms with van der Waals surface area (Å²) in [6.07, 6.45) is 4.04. The zero-order valence-electron chi connectivity index (χ0n) is 9.39. The van der Waals surface area contributed by atoms with Crippen LogP contribution >= 0.6 is 0 Å². The number of carboxylic acid groups (broad SMARTS) is 1. The molecular formula is C12H16N2O2. The molecule has 0 aliphatic heterocycles. The van der Waals surface area contributed by atoms with Gasteiger partial charge in [0.05, 0.1) is 5.56 Å². The van der Waals surface area contributed by atoms with Crippen molar-refractivity contribution in [3.63, 3.8) is 0 Å². The Bertz CT molecular complexity index is 371. The molecule has 86 valence electrons. The summed E-state index contributed by atoms with van der Waals surface area (Å²) in [5.74, 6) is 0.754. The van der Waals surface area contributed by atoms with E-state index in [1.165, 1.54) is 19.0 Å². The van der Waals surface area contributed by atoms with Gasteiger partial charge >= 0.3 is 5.97 Å². The molecule has 1 aromatic rings. The first kappa shape index (κ1) is 10.9. The van der Waals surface area contributed by atoms with E-state index in [4.69, 9.17) is 5.11 Å². The first-order valence-corrected chi connectivity index (χ1v) is 5.65. The van der Waals surface area contributed by atoms with Crippen molar-refractivity contribution in [2.45, 2.75) is 19.8 Å². The molecule has 0 atom stereocenters. The van der Waals surface area contributed by atoms with E-state index in [2.05, 4.69) is 16.8 Å². The van der Waals surface area contributed by atoms with Gasteiger partial charge in [0.1, 0.15) is 5.82 Å². The smallest absolute Gasteiger partial charge is 0.337 e. The number of hydrogen-bond acceptors (Lipinski definition) is 3. The minimum atomic E-state index is -0.927. The Morgan fingerprint density at radius 2 is 2.31 bits per heavy atom. The van der Waals surface area contributed by atoms with Gasteiger partial charge in [0.2, 0.25) is 0 Å². The van der Waals surface area contributed by atoms with Gasteiger partial charge in [0.25, 0.3) is 0 Å². The zero-order chi connectivity index (χ0) is 11.5. The van der Waals surface area contributed by atoms with Crippen molar-refractivity contribution in [1.29, 1.82) is 0 Å². The third kappa shape index (κ3) is 2.51. The highest BCUT2D eigenvalue weighted by molar-refractivity contribution is 5.87. The number of pyridine rings is 1. The number of rotatable bonds is 5. The molecule has 1 fully saturated rings. The van der Waals surface area contributed by atoms with Gasteiger partial charge in [0.15, 0.2) is 0 Å². The topological polar surface area (TPSA) is 53.4 Å². The lowest BCUT2D eigenvalue weighted by Gasteiger charge is -2.21. The van der Waals surface area contributed by atoms with E-state index in [-0.39, 0.29) is 5.56 Å². The van der Waals surface area contributed by atoms with Crippen LogP contribution in [0.4, 0.5) is 5.82 Å².